The molecule has 26 heavy (non-hydrogen) atoms. The molecule has 0 radical (unpaired) electrons. The number of pyridine rings is 1. The Morgan fingerprint density at radius 2 is 1.77 bits per heavy atom. The number of hydrogen-bond donors (Lipinski definition) is 0. The Bertz CT molecular complexity index is 875. The predicted molar refractivity (Wildman–Crippen MR) is 113 cm³/mol. The van der Waals surface area contributed by atoms with Crippen LogP contribution in [-0.4, -0.2) is 22.5 Å². The molecule has 0 aliphatic rings. The van der Waals surface area contributed by atoms with E-state index in [9.17, 15) is 0 Å². The number of hydrogen-bond acceptors (Lipinski definition) is 2. The average Bonchev–Trinajstić information content (AvgIpc) is 2.70. The fourth-order valence-electron chi connectivity index (χ4n) is 3.43. The SMILES string of the molecule is C=C(c1ccc(-c2cccc3cccnc23)cc1)N(CCC)C(C)CC. The first-order valence-corrected chi connectivity index (χ1v) is 9.55. The molecule has 0 aliphatic heterocycles. The third-order valence-corrected chi connectivity index (χ3v) is 5.10. The summed E-state index contributed by atoms with van der Waals surface area (Å²) in [5, 5.41) is 1.17. The molecule has 134 valence electrons. The zero-order valence-corrected chi connectivity index (χ0v) is 16.1. The van der Waals surface area contributed by atoms with Crippen LogP contribution in [0.2, 0.25) is 0 Å². The smallest absolute Gasteiger partial charge is 0.0780 e. The van der Waals surface area contributed by atoms with Crippen LogP contribution in [0.5, 0.6) is 0 Å². The minimum atomic E-state index is 0.504. The van der Waals surface area contributed by atoms with E-state index in [0.717, 1.165) is 30.6 Å². The Labute approximate surface area is 157 Å². The summed E-state index contributed by atoms with van der Waals surface area (Å²) in [6.45, 7) is 12.2. The van der Waals surface area contributed by atoms with Gasteiger partial charge in [-0.1, -0.05) is 69.0 Å². The van der Waals surface area contributed by atoms with Crippen molar-refractivity contribution < 1.29 is 0 Å². The van der Waals surface area contributed by atoms with Crippen LogP contribution in [0.25, 0.3) is 27.7 Å². The summed E-state index contributed by atoms with van der Waals surface area (Å²) in [4.78, 5) is 7.00. The van der Waals surface area contributed by atoms with Crippen LogP contribution in [0, 0.1) is 0 Å². The van der Waals surface area contributed by atoms with Crippen molar-refractivity contribution >= 4 is 16.6 Å². The standard InChI is InChI=1S/C24H28N2/c1-5-17-26(18(3)6-2)19(4)20-12-14-21(15-13-20)23-11-7-9-22-10-8-16-25-24(22)23/h7-16,18H,4-6,17H2,1-3H3. The summed E-state index contributed by atoms with van der Waals surface area (Å²) < 4.78 is 0. The molecule has 0 spiro atoms. The van der Waals surface area contributed by atoms with Gasteiger partial charge in [-0.15, -0.1) is 0 Å². The minimum Gasteiger partial charge on any atom is -0.369 e. The van der Waals surface area contributed by atoms with Crippen molar-refractivity contribution in [2.24, 2.45) is 0 Å². The first kappa shape index (κ1) is 18.2. The maximum absolute atomic E-state index is 4.58. The van der Waals surface area contributed by atoms with Crippen molar-refractivity contribution in [2.75, 3.05) is 6.54 Å². The molecule has 0 amide bonds. The molecular weight excluding hydrogens is 316 g/mol. The van der Waals surface area contributed by atoms with E-state index in [1.807, 2.05) is 12.3 Å². The van der Waals surface area contributed by atoms with Crippen molar-refractivity contribution in [1.82, 2.24) is 9.88 Å². The molecule has 0 saturated carbocycles. The third-order valence-electron chi connectivity index (χ3n) is 5.10. The average molecular weight is 345 g/mol. The Morgan fingerprint density at radius 1 is 1.04 bits per heavy atom. The highest BCUT2D eigenvalue weighted by atomic mass is 15.2. The summed E-state index contributed by atoms with van der Waals surface area (Å²) in [5.41, 5.74) is 5.72. The van der Waals surface area contributed by atoms with Gasteiger partial charge in [-0.2, -0.15) is 0 Å². The van der Waals surface area contributed by atoms with E-state index in [2.05, 4.69) is 85.8 Å². The van der Waals surface area contributed by atoms with Crippen LogP contribution < -0.4 is 0 Å². The van der Waals surface area contributed by atoms with Crippen molar-refractivity contribution in [2.45, 2.75) is 39.7 Å². The maximum atomic E-state index is 4.58. The lowest BCUT2D eigenvalue weighted by Gasteiger charge is -2.32. The van der Waals surface area contributed by atoms with Gasteiger partial charge in [0, 0.05) is 35.4 Å². The Morgan fingerprint density at radius 3 is 2.46 bits per heavy atom. The fourth-order valence-corrected chi connectivity index (χ4v) is 3.43. The van der Waals surface area contributed by atoms with Crippen LogP contribution in [0.1, 0.15) is 39.2 Å². The van der Waals surface area contributed by atoms with Crippen LogP contribution >= 0.6 is 0 Å². The lowest BCUT2D eigenvalue weighted by atomic mass is 9.99. The van der Waals surface area contributed by atoms with Gasteiger partial charge in [-0.05, 0) is 37.0 Å². The van der Waals surface area contributed by atoms with Gasteiger partial charge in [-0.3, -0.25) is 4.98 Å². The molecule has 2 heteroatoms. The molecule has 3 aromatic rings. The second-order valence-electron chi connectivity index (χ2n) is 6.86. The van der Waals surface area contributed by atoms with Crippen molar-refractivity contribution in [1.29, 1.82) is 0 Å². The van der Waals surface area contributed by atoms with Gasteiger partial charge in [0.25, 0.3) is 0 Å². The number of para-hydroxylation sites is 1. The van der Waals surface area contributed by atoms with Gasteiger partial charge in [0.15, 0.2) is 0 Å². The summed E-state index contributed by atoms with van der Waals surface area (Å²) in [6.07, 6.45) is 4.11. The Balaban J connectivity index is 1.91. The number of aromatic nitrogens is 1. The zero-order chi connectivity index (χ0) is 18.5. The predicted octanol–water partition coefficient (Wildman–Crippen LogP) is 6.38. The molecule has 0 bridgehead atoms. The zero-order valence-electron chi connectivity index (χ0n) is 16.1. The molecule has 1 unspecified atom stereocenters. The van der Waals surface area contributed by atoms with Gasteiger partial charge < -0.3 is 4.90 Å². The lowest BCUT2D eigenvalue weighted by molar-refractivity contribution is 0.305. The molecule has 1 atom stereocenters. The molecule has 1 aromatic heterocycles. The molecule has 0 saturated heterocycles. The van der Waals surface area contributed by atoms with Crippen molar-refractivity contribution in [3.8, 4) is 11.1 Å². The largest absolute Gasteiger partial charge is 0.369 e. The van der Waals surface area contributed by atoms with Crippen LogP contribution in [-0.2, 0) is 0 Å². The van der Waals surface area contributed by atoms with Gasteiger partial charge in [0.1, 0.15) is 0 Å². The maximum Gasteiger partial charge on any atom is 0.0780 e. The first-order chi connectivity index (χ1) is 12.7. The Kier molecular flexibility index (Phi) is 5.72. The highest BCUT2D eigenvalue weighted by Gasteiger charge is 2.15. The van der Waals surface area contributed by atoms with E-state index in [1.165, 1.54) is 22.1 Å². The van der Waals surface area contributed by atoms with Crippen molar-refractivity contribution in [3.63, 3.8) is 0 Å². The molecule has 3 rings (SSSR count). The summed E-state index contributed by atoms with van der Waals surface area (Å²) in [6, 6.07) is 19.7. The Hall–Kier alpha value is -2.61. The summed E-state index contributed by atoms with van der Waals surface area (Å²) >= 11 is 0. The van der Waals surface area contributed by atoms with Gasteiger partial charge in [0.05, 0.1) is 5.52 Å². The molecule has 1 heterocycles. The van der Waals surface area contributed by atoms with Crippen LogP contribution in [0.4, 0.5) is 0 Å². The van der Waals surface area contributed by atoms with E-state index < -0.39 is 0 Å². The van der Waals surface area contributed by atoms with Gasteiger partial charge >= 0.3 is 0 Å². The third kappa shape index (κ3) is 3.65. The second kappa shape index (κ2) is 8.18. The summed E-state index contributed by atoms with van der Waals surface area (Å²) in [7, 11) is 0. The van der Waals surface area contributed by atoms with Gasteiger partial charge in [0.2, 0.25) is 0 Å². The number of fused-ring (bicyclic) bond motifs is 1. The molecule has 0 aliphatic carbocycles. The first-order valence-electron chi connectivity index (χ1n) is 9.55. The number of rotatable bonds is 7. The topological polar surface area (TPSA) is 16.1 Å². The highest BCUT2D eigenvalue weighted by molar-refractivity contribution is 5.93. The quantitative estimate of drug-likeness (QED) is 0.494. The van der Waals surface area contributed by atoms with E-state index in [0.29, 0.717) is 6.04 Å². The number of benzene rings is 2. The molecule has 0 N–H and O–H groups in total. The second-order valence-corrected chi connectivity index (χ2v) is 6.86. The van der Waals surface area contributed by atoms with Crippen molar-refractivity contribution in [3.05, 3.63) is 72.9 Å². The van der Waals surface area contributed by atoms with Crippen LogP contribution in [0.15, 0.2) is 67.4 Å². The molecule has 0 fully saturated rings. The van der Waals surface area contributed by atoms with E-state index >= 15 is 0 Å². The van der Waals surface area contributed by atoms with E-state index in [-0.39, 0.29) is 0 Å². The fraction of sp³-hybridized carbons (Fsp3) is 0.292. The monoisotopic (exact) mass is 344 g/mol. The van der Waals surface area contributed by atoms with E-state index in [4.69, 9.17) is 0 Å². The number of nitrogens with zero attached hydrogens (tertiary/aromatic N) is 2. The highest BCUT2D eigenvalue weighted by Crippen LogP contribution is 2.29. The normalized spacial score (nSPS) is 12.1. The van der Waals surface area contributed by atoms with Crippen LogP contribution in [0.3, 0.4) is 0 Å². The summed E-state index contributed by atoms with van der Waals surface area (Å²) in [5.74, 6) is 0. The lowest BCUT2D eigenvalue weighted by Crippen LogP contribution is -2.31. The van der Waals surface area contributed by atoms with Gasteiger partial charge in [-0.25, -0.2) is 0 Å². The molecular formula is C24H28N2. The van der Waals surface area contributed by atoms with E-state index in [1.54, 1.807) is 0 Å². The molecule has 2 nitrogen and oxygen atoms in total. The minimum absolute atomic E-state index is 0.504. The molecule has 2 aromatic carbocycles.